The Labute approximate surface area is 278 Å². The van der Waals surface area contributed by atoms with E-state index in [-0.39, 0.29) is 18.1 Å². The van der Waals surface area contributed by atoms with E-state index in [0.717, 1.165) is 95.3 Å². The summed E-state index contributed by atoms with van der Waals surface area (Å²) in [5.41, 5.74) is 14.0. The first-order valence-electron chi connectivity index (χ1n) is 16.6. The summed E-state index contributed by atoms with van der Waals surface area (Å²) in [6.45, 7) is 10.1. The summed E-state index contributed by atoms with van der Waals surface area (Å²) in [4.78, 5) is 26.2. The Hall–Kier alpha value is -4.08. The van der Waals surface area contributed by atoms with Gasteiger partial charge in [-0.05, 0) is 97.7 Å². The minimum Gasteiger partial charge on any atom is -0.467 e. The first-order valence-corrected chi connectivity index (χ1v) is 16.6. The van der Waals surface area contributed by atoms with E-state index in [1.807, 2.05) is 25.1 Å². The summed E-state index contributed by atoms with van der Waals surface area (Å²) in [5, 5.41) is 1.11. The van der Waals surface area contributed by atoms with Crippen LogP contribution in [0.5, 0.6) is 0 Å². The number of halogens is 1. The molecule has 2 heterocycles. The van der Waals surface area contributed by atoms with E-state index in [2.05, 4.69) is 66.5 Å². The Bertz CT molecular complexity index is 1630. The maximum atomic E-state index is 14.1. The fourth-order valence-electron chi connectivity index (χ4n) is 6.42. The normalized spacial score (nSPS) is 12.3. The summed E-state index contributed by atoms with van der Waals surface area (Å²) in [5.74, 6) is 0. The lowest BCUT2D eigenvalue weighted by molar-refractivity contribution is -0.131. The molecule has 0 saturated carbocycles. The van der Waals surface area contributed by atoms with Crippen LogP contribution < -0.4 is 10.9 Å². The number of aromatic nitrogens is 2. The van der Waals surface area contributed by atoms with Gasteiger partial charge in [-0.25, -0.2) is 9.82 Å². The van der Waals surface area contributed by atoms with Gasteiger partial charge < -0.3 is 14.0 Å². The number of methoxy groups -OCH3 is 1. The van der Waals surface area contributed by atoms with Gasteiger partial charge in [-0.3, -0.25) is 20.0 Å². The molecule has 2 aromatic heterocycles. The molecule has 1 unspecified atom stereocenters. The number of fused-ring (bicyclic) bond motifs is 1. The van der Waals surface area contributed by atoms with Crippen molar-refractivity contribution in [1.29, 1.82) is 0 Å². The van der Waals surface area contributed by atoms with Gasteiger partial charge in [0.05, 0.1) is 24.1 Å². The Morgan fingerprint density at radius 3 is 2.53 bits per heavy atom. The van der Waals surface area contributed by atoms with Crippen LogP contribution in [0.4, 0.5) is 4.39 Å². The molecule has 4 aromatic rings. The third-order valence-electron chi connectivity index (χ3n) is 8.73. The van der Waals surface area contributed by atoms with Crippen molar-refractivity contribution < 1.29 is 23.5 Å². The number of amides is 1. The van der Waals surface area contributed by atoms with Gasteiger partial charge in [0.1, 0.15) is 6.67 Å². The Balaban J connectivity index is 1.78. The summed E-state index contributed by atoms with van der Waals surface area (Å²) >= 11 is 0. The zero-order valence-corrected chi connectivity index (χ0v) is 28.4. The summed E-state index contributed by atoms with van der Waals surface area (Å²) in [6, 6.07) is 16.7. The van der Waals surface area contributed by atoms with Crippen molar-refractivity contribution in [1.82, 2.24) is 20.4 Å². The van der Waals surface area contributed by atoms with Crippen molar-refractivity contribution in [3.05, 3.63) is 77.1 Å². The number of unbranched alkanes of at least 4 members (excludes halogenated alkanes) is 3. The van der Waals surface area contributed by atoms with E-state index in [0.29, 0.717) is 24.9 Å². The number of hydrogen-bond acceptors (Lipinski definition) is 6. The molecule has 1 amide bonds. The van der Waals surface area contributed by atoms with Crippen LogP contribution in [0.25, 0.3) is 33.3 Å². The molecule has 0 saturated heterocycles. The van der Waals surface area contributed by atoms with Gasteiger partial charge in [-0.1, -0.05) is 44.9 Å². The molecule has 0 aliphatic carbocycles. The van der Waals surface area contributed by atoms with Crippen molar-refractivity contribution in [3.63, 3.8) is 0 Å². The van der Waals surface area contributed by atoms with Crippen LogP contribution in [0.15, 0.2) is 54.7 Å². The standard InChI is InChI=1S/C38H49FN4O4/c1-6-43-35-15-14-30(31-19-28(18-29(20-31)23-39)12-9-7-8-10-17-41-42-25-44)21-33(35)34(22-38(3,4)24-47-26-45)37(43)32-13-11-16-40-36(32)27(2)46-5/h11,13-16,18-21,25-27,41H,6-10,12,17,22-24H2,1-5H3,(H,42,44). The number of rotatable bonds is 20. The average Bonchev–Trinajstić information content (AvgIpc) is 3.39. The van der Waals surface area contributed by atoms with E-state index in [1.165, 1.54) is 0 Å². The summed E-state index contributed by atoms with van der Waals surface area (Å²) in [6.07, 6.45) is 7.85. The number of carbonyl (C=O) groups excluding carboxylic acids is 2. The van der Waals surface area contributed by atoms with Gasteiger partial charge in [0, 0.05) is 48.3 Å². The van der Waals surface area contributed by atoms with Gasteiger partial charge in [0.15, 0.2) is 0 Å². The number of aryl methyl sites for hydroxylation is 2. The van der Waals surface area contributed by atoms with Crippen LogP contribution in [-0.4, -0.2) is 42.7 Å². The lowest BCUT2D eigenvalue weighted by atomic mass is 9.84. The van der Waals surface area contributed by atoms with E-state index >= 15 is 0 Å². The fraction of sp³-hybridized carbons (Fsp3) is 0.447. The molecule has 252 valence electrons. The molecule has 0 aliphatic rings. The zero-order valence-electron chi connectivity index (χ0n) is 28.4. The largest absolute Gasteiger partial charge is 0.467 e. The molecule has 9 heteroatoms. The molecule has 4 rings (SSSR count). The number of hydrazine groups is 1. The third kappa shape index (κ3) is 9.05. The number of benzene rings is 2. The molecule has 0 spiro atoms. The van der Waals surface area contributed by atoms with Crippen molar-refractivity contribution in [2.75, 3.05) is 20.3 Å². The quantitative estimate of drug-likeness (QED) is 0.0583. The van der Waals surface area contributed by atoms with Crippen molar-refractivity contribution >= 4 is 23.8 Å². The van der Waals surface area contributed by atoms with E-state index < -0.39 is 6.67 Å². The topological polar surface area (TPSA) is 94.5 Å². The molecule has 8 nitrogen and oxygen atoms in total. The zero-order chi connectivity index (χ0) is 33.8. The average molecular weight is 645 g/mol. The van der Waals surface area contributed by atoms with Gasteiger partial charge in [-0.2, -0.15) is 0 Å². The highest BCUT2D eigenvalue weighted by atomic mass is 19.1. The van der Waals surface area contributed by atoms with Gasteiger partial charge >= 0.3 is 0 Å². The molecule has 2 aromatic carbocycles. The van der Waals surface area contributed by atoms with Crippen molar-refractivity contribution in [2.24, 2.45) is 5.41 Å². The van der Waals surface area contributed by atoms with Gasteiger partial charge in [0.2, 0.25) is 6.41 Å². The fourth-order valence-corrected chi connectivity index (χ4v) is 6.42. The number of hydrogen-bond donors (Lipinski definition) is 2. The first-order chi connectivity index (χ1) is 22.8. The molecule has 0 radical (unpaired) electrons. The third-order valence-corrected chi connectivity index (χ3v) is 8.73. The second-order valence-corrected chi connectivity index (χ2v) is 12.9. The van der Waals surface area contributed by atoms with Crippen LogP contribution in [0.1, 0.15) is 81.9 Å². The molecule has 0 fully saturated rings. The van der Waals surface area contributed by atoms with Crippen molar-refractivity contribution in [2.45, 2.75) is 85.5 Å². The molecular formula is C38H49FN4O4. The van der Waals surface area contributed by atoms with E-state index in [4.69, 9.17) is 14.5 Å². The van der Waals surface area contributed by atoms with Crippen molar-refractivity contribution in [3.8, 4) is 22.4 Å². The number of nitrogens with zero attached hydrogens (tertiary/aromatic N) is 2. The van der Waals surface area contributed by atoms with Crippen LogP contribution in [0, 0.1) is 5.41 Å². The smallest absolute Gasteiger partial charge is 0.293 e. The highest BCUT2D eigenvalue weighted by Gasteiger charge is 2.28. The minimum absolute atomic E-state index is 0.206. The number of alkyl halides is 1. The molecule has 0 aliphatic heterocycles. The predicted molar refractivity (Wildman–Crippen MR) is 185 cm³/mol. The Kier molecular flexibility index (Phi) is 13.1. The predicted octanol–water partition coefficient (Wildman–Crippen LogP) is 7.66. The van der Waals surface area contributed by atoms with E-state index in [9.17, 15) is 14.0 Å². The summed E-state index contributed by atoms with van der Waals surface area (Å²) < 4.78 is 27.5. The van der Waals surface area contributed by atoms with Gasteiger partial charge in [0.25, 0.3) is 6.47 Å². The maximum Gasteiger partial charge on any atom is 0.293 e. The molecule has 1 atom stereocenters. The minimum atomic E-state index is -0.521. The monoisotopic (exact) mass is 644 g/mol. The number of ether oxygens (including phenoxy) is 2. The SMILES string of the molecule is CCn1c(-c2cccnc2C(C)OC)c(CC(C)(C)COC=O)c2cc(-c3cc(CF)cc(CCCCCCNNC=O)c3)ccc21. The number of nitrogens with one attached hydrogen (secondary N) is 2. The van der Waals surface area contributed by atoms with Gasteiger partial charge in [-0.15, -0.1) is 0 Å². The Morgan fingerprint density at radius 2 is 1.81 bits per heavy atom. The Morgan fingerprint density at radius 1 is 1.02 bits per heavy atom. The highest BCUT2D eigenvalue weighted by Crippen LogP contribution is 2.41. The van der Waals surface area contributed by atoms with Crippen LogP contribution in [0.3, 0.4) is 0 Å². The van der Waals surface area contributed by atoms with Crippen LogP contribution in [0.2, 0.25) is 0 Å². The molecule has 47 heavy (non-hydrogen) atoms. The second kappa shape index (κ2) is 17.2. The lowest BCUT2D eigenvalue weighted by Gasteiger charge is -2.25. The number of pyridine rings is 1. The molecule has 0 bridgehead atoms. The highest BCUT2D eigenvalue weighted by molar-refractivity contribution is 5.95. The van der Waals surface area contributed by atoms with E-state index in [1.54, 1.807) is 13.3 Å². The maximum absolute atomic E-state index is 14.1. The first kappa shape index (κ1) is 35.8. The van der Waals surface area contributed by atoms with Crippen LogP contribution in [-0.2, 0) is 45.1 Å². The lowest BCUT2D eigenvalue weighted by Crippen LogP contribution is -2.30. The summed E-state index contributed by atoms with van der Waals surface area (Å²) in [7, 11) is 1.69. The second-order valence-electron chi connectivity index (χ2n) is 12.9. The van der Waals surface area contributed by atoms with Crippen LogP contribution >= 0.6 is 0 Å². The molecule has 2 N–H and O–H groups in total. The molecular weight excluding hydrogens is 595 g/mol. The number of carbonyl (C=O) groups is 2.